The van der Waals surface area contributed by atoms with Gasteiger partial charge in [-0.25, -0.2) is 0 Å². The van der Waals surface area contributed by atoms with Crippen LogP contribution in [0.1, 0.15) is 0 Å². The highest BCUT2D eigenvalue weighted by molar-refractivity contribution is 14.1. The van der Waals surface area contributed by atoms with Crippen LogP contribution in [0.2, 0.25) is 0 Å². The lowest BCUT2D eigenvalue weighted by atomic mass is 10.7. The first-order valence-corrected chi connectivity index (χ1v) is 3.54. The average molecular weight is 291 g/mol. The maximum atomic E-state index is 2.29. The predicted molar refractivity (Wildman–Crippen MR) is 47.4 cm³/mol. The van der Waals surface area contributed by atoms with Gasteiger partial charge in [0, 0.05) is 0 Å². The predicted octanol–water partition coefficient (Wildman–Crippen LogP) is 2.93. The maximum Gasteiger partial charge on any atom is 0.0653 e. The molecule has 0 saturated heterocycles. The number of halogens is 2. The van der Waals surface area contributed by atoms with E-state index >= 15 is 0 Å². The minimum atomic E-state index is 0. The second-order valence-corrected chi connectivity index (χ2v) is 3.76. The lowest BCUT2D eigenvalue weighted by Crippen LogP contribution is -1.38. The quantitative estimate of drug-likeness (QED) is 0.645. The minimum Gasteiger partial charge on any atom is -0.138 e. The van der Waals surface area contributed by atoms with Gasteiger partial charge in [0.25, 0.3) is 0 Å². The molecule has 0 saturated carbocycles. The van der Waals surface area contributed by atoms with Crippen LogP contribution in [0.15, 0.2) is 17.5 Å². The Bertz CT molecular complexity index is 115. The van der Waals surface area contributed by atoms with Gasteiger partial charge in [0.1, 0.15) is 0 Å². The number of rotatable bonds is 0. The Kier molecular flexibility index (Phi) is 4.36. The van der Waals surface area contributed by atoms with Crippen molar-refractivity contribution in [2.75, 3.05) is 0 Å². The Hall–Kier alpha value is 0.910. The van der Waals surface area contributed by atoms with Crippen molar-refractivity contribution in [3.05, 3.63) is 20.4 Å². The smallest absolute Gasteiger partial charge is 0.0653 e. The highest BCUT2D eigenvalue weighted by Crippen LogP contribution is 2.09. The van der Waals surface area contributed by atoms with Gasteiger partial charge in [-0.05, 0) is 34.0 Å². The molecule has 0 aromatic carbocycles. The molecule has 0 radical (unpaired) electrons. The fraction of sp³-hybridized carbons (Fsp3) is 0. The highest BCUT2D eigenvalue weighted by atomic mass is 127. The second-order valence-electron chi connectivity index (χ2n) is 0.917. The van der Waals surface area contributed by atoms with Crippen LogP contribution in [0.4, 0.5) is 0 Å². The molecular weight excluding hydrogens is 287 g/mol. The lowest BCUT2D eigenvalue weighted by Gasteiger charge is -1.62. The highest BCUT2D eigenvalue weighted by Gasteiger charge is 1.77. The van der Waals surface area contributed by atoms with Crippen molar-refractivity contribution >= 4 is 50.9 Å². The topological polar surface area (TPSA) is 0 Å². The molecule has 7 heavy (non-hydrogen) atoms. The van der Waals surface area contributed by atoms with Crippen molar-refractivity contribution in [3.8, 4) is 0 Å². The molecule has 0 amide bonds. The molecule has 1 heterocycles. The van der Waals surface area contributed by atoms with Gasteiger partial charge in [0.05, 0.1) is 2.88 Å². The van der Waals surface area contributed by atoms with Crippen molar-refractivity contribution in [2.45, 2.75) is 0 Å². The summed E-state index contributed by atoms with van der Waals surface area (Å²) in [5.74, 6) is 0. The van der Waals surface area contributed by atoms with E-state index in [0.717, 1.165) is 0 Å². The molecule has 0 aliphatic carbocycles. The summed E-state index contributed by atoms with van der Waals surface area (Å²) >= 11 is 4.06. The van der Waals surface area contributed by atoms with Crippen LogP contribution in [0.3, 0.4) is 0 Å². The second kappa shape index (κ2) is 3.86. The van der Waals surface area contributed by atoms with Gasteiger partial charge in [-0.2, -0.15) is 0 Å². The van der Waals surface area contributed by atoms with Crippen LogP contribution in [-0.4, -0.2) is 0 Å². The van der Waals surface area contributed by atoms with Gasteiger partial charge in [0.15, 0.2) is 0 Å². The first-order chi connectivity index (χ1) is 2.89. The molecule has 0 atom stereocenters. The van der Waals surface area contributed by atoms with Crippen LogP contribution in [-0.2, 0) is 0 Å². The van der Waals surface area contributed by atoms with Gasteiger partial charge in [0.2, 0.25) is 0 Å². The third-order valence-corrected chi connectivity index (χ3v) is 2.26. The molecule has 0 aliphatic heterocycles. The van der Waals surface area contributed by atoms with Crippen LogP contribution in [0.5, 0.6) is 0 Å². The van der Waals surface area contributed by atoms with Crippen molar-refractivity contribution < 1.29 is 0 Å². The molecule has 0 aliphatic rings. The average Bonchev–Trinajstić information content (AvgIpc) is 1.86. The van der Waals surface area contributed by atoms with Gasteiger partial charge in [-0.3, -0.25) is 0 Å². The van der Waals surface area contributed by atoms with Crippen molar-refractivity contribution in [3.63, 3.8) is 0 Å². The minimum absolute atomic E-state index is 0. The first-order valence-electron chi connectivity index (χ1n) is 1.58. The normalized spacial score (nSPS) is 7.57. The van der Waals surface area contributed by atoms with E-state index in [1.165, 1.54) is 2.88 Å². The Morgan fingerprint density at radius 1 is 1.57 bits per heavy atom. The molecule has 1 aromatic rings. The van der Waals surface area contributed by atoms with Crippen LogP contribution < -0.4 is 0 Å². The van der Waals surface area contributed by atoms with Gasteiger partial charge < -0.3 is 0 Å². The monoisotopic (exact) mass is 290 g/mol. The number of thiophene rings is 1. The van der Waals surface area contributed by atoms with Crippen LogP contribution >= 0.6 is 50.9 Å². The summed E-state index contributed by atoms with van der Waals surface area (Å²) < 4.78 is 1.35. The zero-order valence-electron chi connectivity index (χ0n) is 3.43. The fourth-order valence-corrected chi connectivity index (χ4v) is 1.35. The van der Waals surface area contributed by atoms with E-state index < -0.39 is 0 Å². The molecule has 0 bridgehead atoms. The van der Waals surface area contributed by atoms with Gasteiger partial charge in [-0.1, -0.05) is 6.07 Å². The molecule has 0 N–H and O–H groups in total. The Labute approximate surface area is 70.8 Å². The molecule has 0 unspecified atom stereocenters. The molecule has 0 nitrogen and oxygen atoms in total. The largest absolute Gasteiger partial charge is 0.138 e. The molecular formula is C4H4BrIS. The summed E-state index contributed by atoms with van der Waals surface area (Å²) in [6.45, 7) is 0. The lowest BCUT2D eigenvalue weighted by molar-refractivity contribution is 1.97. The molecule has 1 aromatic heterocycles. The molecule has 40 valence electrons. The Morgan fingerprint density at radius 3 is 2.43 bits per heavy atom. The summed E-state index contributed by atoms with van der Waals surface area (Å²) in [6, 6.07) is 4.14. The molecule has 1 rings (SSSR count). The summed E-state index contributed by atoms with van der Waals surface area (Å²) in [6.07, 6.45) is 0. The fourth-order valence-electron chi connectivity index (χ4n) is 0.259. The van der Waals surface area contributed by atoms with E-state index in [4.69, 9.17) is 0 Å². The van der Waals surface area contributed by atoms with Crippen LogP contribution in [0.25, 0.3) is 0 Å². The van der Waals surface area contributed by atoms with Gasteiger partial charge in [-0.15, -0.1) is 28.3 Å². The molecule has 0 fully saturated rings. The van der Waals surface area contributed by atoms with Crippen molar-refractivity contribution in [1.82, 2.24) is 0 Å². The number of hydrogen-bond acceptors (Lipinski definition) is 1. The maximum absolute atomic E-state index is 2.29. The van der Waals surface area contributed by atoms with E-state index in [1.54, 1.807) is 11.3 Å². The van der Waals surface area contributed by atoms with Crippen LogP contribution in [0, 0.1) is 2.88 Å². The SMILES string of the molecule is Br.Ic1cccs1. The van der Waals surface area contributed by atoms with E-state index in [1.807, 2.05) is 6.07 Å². The zero-order chi connectivity index (χ0) is 4.41. The Morgan fingerprint density at radius 2 is 2.29 bits per heavy atom. The number of hydrogen-bond donors (Lipinski definition) is 0. The summed E-state index contributed by atoms with van der Waals surface area (Å²) in [5, 5.41) is 2.07. The summed E-state index contributed by atoms with van der Waals surface area (Å²) in [4.78, 5) is 0. The third kappa shape index (κ3) is 2.66. The molecule has 3 heteroatoms. The van der Waals surface area contributed by atoms with E-state index in [-0.39, 0.29) is 17.0 Å². The summed E-state index contributed by atoms with van der Waals surface area (Å²) in [7, 11) is 0. The van der Waals surface area contributed by atoms with Crippen molar-refractivity contribution in [2.24, 2.45) is 0 Å². The third-order valence-electron chi connectivity index (χ3n) is 0.486. The summed E-state index contributed by atoms with van der Waals surface area (Å²) in [5.41, 5.74) is 0. The first kappa shape index (κ1) is 7.91. The standard InChI is InChI=1S/C4H3IS.BrH/c5-4-2-1-3-6-4;/h1-3H;1H. The zero-order valence-corrected chi connectivity index (χ0v) is 8.11. The van der Waals surface area contributed by atoms with Crippen molar-refractivity contribution in [1.29, 1.82) is 0 Å². The van der Waals surface area contributed by atoms with Gasteiger partial charge >= 0.3 is 0 Å². The molecule has 0 spiro atoms. The van der Waals surface area contributed by atoms with E-state index in [2.05, 4.69) is 34.0 Å². The van der Waals surface area contributed by atoms with E-state index in [0.29, 0.717) is 0 Å². The van der Waals surface area contributed by atoms with E-state index in [9.17, 15) is 0 Å². The Balaban J connectivity index is 0.000000360.